The van der Waals surface area contributed by atoms with E-state index in [0.29, 0.717) is 10.8 Å². The first kappa shape index (κ1) is 20.5. The average molecular weight is 518 g/mol. The Kier molecular flexibility index (Phi) is 5.27. The van der Waals surface area contributed by atoms with Gasteiger partial charge in [0.15, 0.2) is 0 Å². The summed E-state index contributed by atoms with van der Waals surface area (Å²) in [6, 6.07) is 11.7. The monoisotopic (exact) mass is 516 g/mol. The summed E-state index contributed by atoms with van der Waals surface area (Å²) < 4.78 is 3.12. The van der Waals surface area contributed by atoms with Gasteiger partial charge in [-0.3, -0.25) is 0 Å². The fraction of sp³-hybridized carbons (Fsp3) is 0.238. The van der Waals surface area contributed by atoms with E-state index in [1.54, 1.807) is 18.8 Å². The van der Waals surface area contributed by atoms with Crippen molar-refractivity contribution in [3.05, 3.63) is 51.6 Å². The zero-order valence-corrected chi connectivity index (χ0v) is 19.5. The molecule has 2 aromatic heterocycles. The highest BCUT2D eigenvalue weighted by Gasteiger charge is 2.31. The molecule has 1 unspecified atom stereocenters. The van der Waals surface area contributed by atoms with Crippen molar-refractivity contribution in [2.75, 3.05) is 0 Å². The maximum absolute atomic E-state index is 11.4. The molecule has 1 atom stereocenters. The van der Waals surface area contributed by atoms with Crippen LogP contribution in [0.15, 0.2) is 50.7 Å². The van der Waals surface area contributed by atoms with E-state index in [-0.39, 0.29) is 12.3 Å². The topological polar surface area (TPSA) is 88.7 Å². The fourth-order valence-corrected chi connectivity index (χ4v) is 6.24. The summed E-state index contributed by atoms with van der Waals surface area (Å²) in [5, 5.41) is 25.5. The van der Waals surface area contributed by atoms with Crippen molar-refractivity contribution in [1.82, 2.24) is 24.8 Å². The van der Waals surface area contributed by atoms with Gasteiger partial charge < -0.3 is 14.5 Å². The number of carboxylic acid groups (broad SMARTS) is 1. The van der Waals surface area contributed by atoms with E-state index in [9.17, 15) is 9.90 Å². The molecule has 0 saturated carbocycles. The van der Waals surface area contributed by atoms with Crippen molar-refractivity contribution in [3.63, 3.8) is 0 Å². The van der Waals surface area contributed by atoms with Gasteiger partial charge in [-0.2, -0.15) is 4.80 Å². The number of fused-ring (bicyclic) bond motifs is 3. The van der Waals surface area contributed by atoms with Gasteiger partial charge in [-0.1, -0.05) is 39.3 Å². The lowest BCUT2D eigenvalue weighted by Crippen LogP contribution is -2.24. The zero-order chi connectivity index (χ0) is 21.7. The highest BCUT2D eigenvalue weighted by atomic mass is 79.9. The van der Waals surface area contributed by atoms with E-state index in [1.165, 1.54) is 4.80 Å². The molecule has 0 amide bonds. The van der Waals surface area contributed by atoms with E-state index >= 15 is 0 Å². The highest BCUT2D eigenvalue weighted by Crippen LogP contribution is 2.49. The van der Waals surface area contributed by atoms with Crippen molar-refractivity contribution in [2.45, 2.75) is 35.1 Å². The van der Waals surface area contributed by atoms with Gasteiger partial charge in [-0.15, -0.1) is 10.2 Å². The molecule has 7 nitrogen and oxygen atoms in total. The predicted octanol–water partition coefficient (Wildman–Crippen LogP) is 4.03. The van der Waals surface area contributed by atoms with Crippen LogP contribution in [0.25, 0.3) is 22.3 Å². The Morgan fingerprint density at radius 1 is 1.32 bits per heavy atom. The molecule has 0 spiro atoms. The molecule has 0 radical (unpaired) electrons. The first-order valence-corrected chi connectivity index (χ1v) is 11.6. The van der Waals surface area contributed by atoms with Crippen LogP contribution in [0.1, 0.15) is 24.5 Å². The summed E-state index contributed by atoms with van der Waals surface area (Å²) in [4.78, 5) is 14.9. The number of benzene rings is 2. The lowest BCUT2D eigenvalue weighted by molar-refractivity contribution is -0.306. The molecular weight excluding hydrogens is 502 g/mol. The van der Waals surface area contributed by atoms with Gasteiger partial charge in [0.2, 0.25) is 5.82 Å². The molecule has 0 bridgehead atoms. The molecule has 0 saturated heterocycles. The third-order valence-electron chi connectivity index (χ3n) is 5.41. The molecule has 158 valence electrons. The van der Waals surface area contributed by atoms with Crippen LogP contribution in [0.2, 0.25) is 5.02 Å². The van der Waals surface area contributed by atoms with Crippen molar-refractivity contribution < 1.29 is 9.90 Å². The van der Waals surface area contributed by atoms with Gasteiger partial charge >= 0.3 is 0 Å². The lowest BCUT2D eigenvalue weighted by Gasteiger charge is -2.13. The van der Waals surface area contributed by atoms with Gasteiger partial charge in [0.05, 0.1) is 12.6 Å². The van der Waals surface area contributed by atoms with Crippen LogP contribution in [0, 0.1) is 0 Å². The van der Waals surface area contributed by atoms with E-state index in [0.717, 1.165) is 49.4 Å². The molecule has 4 aromatic rings. The van der Waals surface area contributed by atoms with E-state index in [2.05, 4.69) is 35.9 Å². The summed E-state index contributed by atoms with van der Waals surface area (Å²) in [5.74, 6) is -0.594. The highest BCUT2D eigenvalue weighted by molar-refractivity contribution is 9.10. The summed E-state index contributed by atoms with van der Waals surface area (Å²) in [5.41, 5.74) is 2.90. The molecule has 0 aliphatic carbocycles. The number of rotatable bonds is 5. The molecule has 31 heavy (non-hydrogen) atoms. The number of aryl methyl sites for hydroxylation is 2. The second-order valence-electron chi connectivity index (χ2n) is 7.44. The van der Waals surface area contributed by atoms with Gasteiger partial charge in [-0.05, 0) is 54.5 Å². The van der Waals surface area contributed by atoms with Gasteiger partial charge in [0.1, 0.15) is 0 Å². The Balaban J connectivity index is 1.71. The van der Waals surface area contributed by atoms with Crippen LogP contribution in [0.4, 0.5) is 0 Å². The number of aromatic nitrogens is 5. The minimum atomic E-state index is -1.03. The summed E-state index contributed by atoms with van der Waals surface area (Å²) in [6.45, 7) is 0.745. The number of nitrogens with zero attached hydrogens (tertiary/aromatic N) is 5. The number of carbonyl (C=O) groups excluding carboxylic acids is 1. The molecule has 2 aromatic carbocycles. The molecule has 0 fully saturated rings. The molecule has 1 aliphatic heterocycles. The van der Waals surface area contributed by atoms with E-state index in [1.807, 2.05) is 36.4 Å². The number of hydrogen-bond acceptors (Lipinski definition) is 6. The number of tetrazole rings is 1. The molecular formula is C21H16BrClN5O2S-. The van der Waals surface area contributed by atoms with Crippen LogP contribution in [-0.4, -0.2) is 30.7 Å². The van der Waals surface area contributed by atoms with Crippen molar-refractivity contribution in [2.24, 2.45) is 7.05 Å². The number of carbonyl (C=O) groups is 1. The predicted molar refractivity (Wildman–Crippen MR) is 120 cm³/mol. The second-order valence-corrected chi connectivity index (χ2v) is 9.81. The largest absolute Gasteiger partial charge is 0.550 e. The Labute approximate surface area is 195 Å². The van der Waals surface area contributed by atoms with Crippen LogP contribution in [0.3, 0.4) is 0 Å². The Hall–Kier alpha value is -2.36. The first-order chi connectivity index (χ1) is 14.9. The molecule has 1 aliphatic rings. The molecule has 5 rings (SSSR count). The molecule has 10 heteroatoms. The quantitative estimate of drug-likeness (QED) is 0.397. The Bertz CT molecular complexity index is 1320. The minimum Gasteiger partial charge on any atom is -0.550 e. The maximum Gasteiger partial charge on any atom is 0.205 e. The standard InChI is InChI=1S/C21H17BrClN5O2S/c1-27-25-21(24-26-27)12-8-15(22)18-16(9-12)28-7-6-11(10-17(29)30)19(28)20(18)31-14-4-2-13(23)3-5-14/h2-5,8-9,11H,6-7,10H2,1H3,(H,29,30)/p-1. The van der Waals surface area contributed by atoms with Crippen LogP contribution in [0.5, 0.6) is 0 Å². The number of hydrogen-bond donors (Lipinski definition) is 0. The number of halogens is 2. The molecule has 3 heterocycles. The van der Waals surface area contributed by atoms with E-state index < -0.39 is 5.97 Å². The van der Waals surface area contributed by atoms with Gasteiger partial charge in [0.25, 0.3) is 0 Å². The van der Waals surface area contributed by atoms with E-state index in [4.69, 9.17) is 11.6 Å². The average Bonchev–Trinajstić information content (AvgIpc) is 3.40. The smallest absolute Gasteiger partial charge is 0.205 e. The van der Waals surface area contributed by atoms with Gasteiger partial charge in [-0.25, -0.2) is 0 Å². The first-order valence-electron chi connectivity index (χ1n) is 9.64. The summed E-state index contributed by atoms with van der Waals surface area (Å²) in [7, 11) is 1.73. The fourth-order valence-electron chi connectivity index (χ4n) is 4.13. The van der Waals surface area contributed by atoms with Crippen molar-refractivity contribution in [3.8, 4) is 11.4 Å². The van der Waals surface area contributed by atoms with Crippen molar-refractivity contribution in [1.29, 1.82) is 0 Å². The van der Waals surface area contributed by atoms with Crippen molar-refractivity contribution >= 4 is 56.2 Å². The van der Waals surface area contributed by atoms with Crippen LogP contribution in [-0.2, 0) is 18.4 Å². The third kappa shape index (κ3) is 3.75. The normalized spacial score (nSPS) is 15.5. The summed E-state index contributed by atoms with van der Waals surface area (Å²) >= 11 is 11.4. The van der Waals surface area contributed by atoms with Crippen LogP contribution < -0.4 is 5.11 Å². The summed E-state index contributed by atoms with van der Waals surface area (Å²) in [6.07, 6.45) is 0.763. The Morgan fingerprint density at radius 2 is 2.10 bits per heavy atom. The minimum absolute atomic E-state index is 0.000687. The molecule has 0 N–H and O–H groups in total. The number of carboxylic acids is 1. The number of aliphatic carboxylic acids is 1. The second kappa shape index (κ2) is 7.96. The third-order valence-corrected chi connectivity index (χ3v) is 7.41. The lowest BCUT2D eigenvalue weighted by atomic mass is 10.00. The zero-order valence-electron chi connectivity index (χ0n) is 16.4. The maximum atomic E-state index is 11.4. The van der Waals surface area contributed by atoms with Gasteiger partial charge in [0, 0.05) is 54.4 Å². The SMILES string of the molecule is Cn1nnc(-c2cc(Br)c3c(Sc4ccc(Cl)cc4)c4n(c3c2)CCC4CC(=O)[O-])n1. The van der Waals surface area contributed by atoms with Crippen LogP contribution >= 0.6 is 39.3 Å². The Morgan fingerprint density at radius 3 is 2.77 bits per heavy atom.